The molecule has 2 heterocycles. The van der Waals surface area contributed by atoms with E-state index in [-0.39, 0.29) is 5.41 Å². The number of fused-ring (bicyclic) bond motifs is 2. The molecule has 2 aliphatic rings. The molecule has 0 amide bonds. The molecule has 2 nitrogen and oxygen atoms in total. The summed E-state index contributed by atoms with van der Waals surface area (Å²) in [5.41, 5.74) is 2.31. The zero-order valence-electron chi connectivity index (χ0n) is 6.42. The highest BCUT2D eigenvalue weighted by Crippen LogP contribution is 2.56. The van der Waals surface area contributed by atoms with Gasteiger partial charge in [-0.2, -0.15) is 0 Å². The van der Waals surface area contributed by atoms with E-state index in [9.17, 15) is 0 Å². The van der Waals surface area contributed by atoms with Crippen molar-refractivity contribution < 1.29 is 0 Å². The molecule has 1 aliphatic carbocycles. The van der Waals surface area contributed by atoms with Crippen LogP contribution in [0.3, 0.4) is 0 Å². The van der Waals surface area contributed by atoms with Gasteiger partial charge in [0.25, 0.3) is 0 Å². The molecule has 0 N–H and O–H groups in total. The minimum absolute atomic E-state index is 0.0884. The minimum Gasteiger partial charge on any atom is -0.264 e. The monoisotopic (exact) mass is 178 g/mol. The molecule has 1 aromatic heterocycles. The van der Waals surface area contributed by atoms with E-state index in [1.54, 1.807) is 6.20 Å². The summed E-state index contributed by atoms with van der Waals surface area (Å²) in [6.07, 6.45) is 5.91. The SMILES string of the molecule is ClC1=Nc2ccncc2C12CC2. The van der Waals surface area contributed by atoms with Gasteiger partial charge in [-0.25, -0.2) is 4.99 Å². The Morgan fingerprint density at radius 3 is 3.00 bits per heavy atom. The first-order chi connectivity index (χ1) is 5.83. The lowest BCUT2D eigenvalue weighted by atomic mass is 10.0. The topological polar surface area (TPSA) is 25.2 Å². The summed E-state index contributed by atoms with van der Waals surface area (Å²) in [7, 11) is 0. The quantitative estimate of drug-likeness (QED) is 0.599. The summed E-state index contributed by atoms with van der Waals surface area (Å²) in [5.74, 6) is 0. The van der Waals surface area contributed by atoms with Gasteiger partial charge < -0.3 is 0 Å². The van der Waals surface area contributed by atoms with Gasteiger partial charge in [0.15, 0.2) is 0 Å². The fourth-order valence-electron chi connectivity index (χ4n) is 1.78. The molecule has 3 rings (SSSR count). The lowest BCUT2D eigenvalue weighted by Gasteiger charge is -2.04. The van der Waals surface area contributed by atoms with Crippen LogP contribution >= 0.6 is 11.6 Å². The summed E-state index contributed by atoms with van der Waals surface area (Å²) >= 11 is 6.05. The molecule has 0 bridgehead atoms. The van der Waals surface area contributed by atoms with Gasteiger partial charge in [-0.05, 0) is 18.9 Å². The predicted octanol–water partition coefficient (Wildman–Crippen LogP) is 2.40. The number of aromatic nitrogens is 1. The number of hydrogen-bond donors (Lipinski definition) is 0. The van der Waals surface area contributed by atoms with Crippen LogP contribution in [0.5, 0.6) is 0 Å². The third-order valence-electron chi connectivity index (χ3n) is 2.68. The van der Waals surface area contributed by atoms with E-state index in [0.717, 1.165) is 23.7 Å². The standard InChI is InChI=1S/C9H7ClN2/c10-8-9(2-3-9)6-5-11-4-1-7(6)12-8/h1,4-5H,2-3H2. The molecule has 12 heavy (non-hydrogen) atoms. The zero-order valence-corrected chi connectivity index (χ0v) is 7.17. The van der Waals surface area contributed by atoms with Crippen LogP contribution < -0.4 is 0 Å². The number of halogens is 1. The average molecular weight is 179 g/mol. The molecule has 3 heteroatoms. The predicted molar refractivity (Wildman–Crippen MR) is 48.1 cm³/mol. The van der Waals surface area contributed by atoms with Crippen LogP contribution in [0.2, 0.25) is 0 Å². The second-order valence-corrected chi connectivity index (χ2v) is 3.74. The molecular formula is C9H7ClN2. The van der Waals surface area contributed by atoms with Gasteiger partial charge in [0.05, 0.1) is 11.1 Å². The Morgan fingerprint density at radius 1 is 1.42 bits per heavy atom. The van der Waals surface area contributed by atoms with Crippen molar-refractivity contribution >= 4 is 22.5 Å². The maximum Gasteiger partial charge on any atom is 0.117 e. The summed E-state index contributed by atoms with van der Waals surface area (Å²) in [6, 6.07) is 1.92. The Hall–Kier alpha value is -0.890. The van der Waals surface area contributed by atoms with Crippen LogP contribution in [0.4, 0.5) is 5.69 Å². The lowest BCUT2D eigenvalue weighted by Crippen LogP contribution is -2.09. The summed E-state index contributed by atoms with van der Waals surface area (Å²) in [5, 5.41) is 0.755. The summed E-state index contributed by atoms with van der Waals surface area (Å²) in [6.45, 7) is 0. The number of aliphatic imine (C=N–C) groups is 1. The fraction of sp³-hybridized carbons (Fsp3) is 0.333. The molecule has 1 spiro atoms. The second-order valence-electron chi connectivity index (χ2n) is 3.38. The third-order valence-corrected chi connectivity index (χ3v) is 3.12. The van der Waals surface area contributed by atoms with Crippen LogP contribution in [0.15, 0.2) is 23.5 Å². The van der Waals surface area contributed by atoms with E-state index in [0.29, 0.717) is 0 Å². The van der Waals surface area contributed by atoms with E-state index in [4.69, 9.17) is 11.6 Å². The van der Waals surface area contributed by atoms with Crippen LogP contribution in [-0.2, 0) is 5.41 Å². The minimum atomic E-state index is 0.0884. The van der Waals surface area contributed by atoms with E-state index >= 15 is 0 Å². The molecule has 1 fully saturated rings. The van der Waals surface area contributed by atoms with Crippen molar-refractivity contribution in [1.29, 1.82) is 0 Å². The van der Waals surface area contributed by atoms with Crippen LogP contribution in [-0.4, -0.2) is 10.2 Å². The van der Waals surface area contributed by atoms with Crippen molar-refractivity contribution in [3.8, 4) is 0 Å². The molecule has 0 unspecified atom stereocenters. The van der Waals surface area contributed by atoms with Gasteiger partial charge in [-0.1, -0.05) is 11.6 Å². The molecule has 0 aromatic carbocycles. The van der Waals surface area contributed by atoms with Gasteiger partial charge in [0.2, 0.25) is 0 Å². The molecule has 1 saturated carbocycles. The average Bonchev–Trinajstić information content (AvgIpc) is 2.80. The van der Waals surface area contributed by atoms with Crippen LogP contribution in [0.25, 0.3) is 0 Å². The fourth-order valence-corrected chi connectivity index (χ4v) is 2.16. The highest BCUT2D eigenvalue weighted by atomic mass is 35.5. The second kappa shape index (κ2) is 1.88. The highest BCUT2D eigenvalue weighted by Gasteiger charge is 2.52. The largest absolute Gasteiger partial charge is 0.264 e. The maximum atomic E-state index is 6.05. The summed E-state index contributed by atoms with van der Waals surface area (Å²) in [4.78, 5) is 8.40. The normalized spacial score (nSPS) is 22.2. The van der Waals surface area contributed by atoms with Crippen molar-refractivity contribution in [2.24, 2.45) is 4.99 Å². The highest BCUT2D eigenvalue weighted by molar-refractivity contribution is 6.68. The van der Waals surface area contributed by atoms with Gasteiger partial charge in [-0.3, -0.25) is 4.98 Å². The van der Waals surface area contributed by atoms with E-state index in [1.807, 2.05) is 12.3 Å². The summed E-state index contributed by atoms with van der Waals surface area (Å²) < 4.78 is 0. The third kappa shape index (κ3) is 0.619. The lowest BCUT2D eigenvalue weighted by molar-refractivity contribution is 0.981. The van der Waals surface area contributed by atoms with Gasteiger partial charge >= 0.3 is 0 Å². The molecule has 1 aliphatic heterocycles. The molecular weight excluding hydrogens is 172 g/mol. The number of hydrogen-bond acceptors (Lipinski definition) is 2. The Morgan fingerprint density at radius 2 is 2.25 bits per heavy atom. The Labute approximate surface area is 75.3 Å². The Balaban J connectivity index is 2.28. The molecule has 0 radical (unpaired) electrons. The van der Waals surface area contributed by atoms with Crippen molar-refractivity contribution in [2.45, 2.75) is 18.3 Å². The van der Waals surface area contributed by atoms with Crippen LogP contribution in [0, 0.1) is 0 Å². The van der Waals surface area contributed by atoms with Gasteiger partial charge in [0, 0.05) is 18.0 Å². The first kappa shape index (κ1) is 6.61. The smallest absolute Gasteiger partial charge is 0.117 e. The van der Waals surface area contributed by atoms with E-state index in [2.05, 4.69) is 9.98 Å². The van der Waals surface area contributed by atoms with E-state index < -0.39 is 0 Å². The Bertz CT molecular complexity index is 380. The molecule has 0 atom stereocenters. The number of rotatable bonds is 0. The van der Waals surface area contributed by atoms with Gasteiger partial charge in [-0.15, -0.1) is 0 Å². The molecule has 0 saturated heterocycles. The van der Waals surface area contributed by atoms with Crippen LogP contribution in [0.1, 0.15) is 18.4 Å². The van der Waals surface area contributed by atoms with Crippen molar-refractivity contribution in [3.05, 3.63) is 24.0 Å². The zero-order chi connectivity index (χ0) is 8.18. The Kier molecular flexibility index (Phi) is 1.04. The molecule has 60 valence electrons. The first-order valence-corrected chi connectivity index (χ1v) is 4.40. The first-order valence-electron chi connectivity index (χ1n) is 4.02. The molecule has 1 aromatic rings. The van der Waals surface area contributed by atoms with Crippen molar-refractivity contribution in [1.82, 2.24) is 4.98 Å². The number of pyridine rings is 1. The van der Waals surface area contributed by atoms with Crippen molar-refractivity contribution in [3.63, 3.8) is 0 Å². The van der Waals surface area contributed by atoms with Gasteiger partial charge in [0.1, 0.15) is 5.17 Å². The number of nitrogens with zero attached hydrogens (tertiary/aromatic N) is 2. The van der Waals surface area contributed by atoms with Crippen molar-refractivity contribution in [2.75, 3.05) is 0 Å². The maximum absolute atomic E-state index is 6.05. The van der Waals surface area contributed by atoms with E-state index in [1.165, 1.54) is 5.56 Å².